The van der Waals surface area contributed by atoms with Crippen LogP contribution in [0.15, 0.2) is 18.3 Å². The summed E-state index contributed by atoms with van der Waals surface area (Å²) in [6.07, 6.45) is 2.16. The van der Waals surface area contributed by atoms with Crippen LogP contribution in [0.5, 0.6) is 5.88 Å². The highest BCUT2D eigenvalue weighted by Gasteiger charge is 2.33. The predicted octanol–water partition coefficient (Wildman–Crippen LogP) is 1.85. The van der Waals surface area contributed by atoms with Crippen LogP contribution in [0.1, 0.15) is 18.4 Å². The average molecular weight is 236 g/mol. The molecule has 4 nitrogen and oxygen atoms in total. The fraction of sp³-hybridized carbons (Fsp3) is 0.500. The van der Waals surface area contributed by atoms with Crippen LogP contribution < -0.4 is 4.74 Å². The molecule has 0 aliphatic carbocycles. The molecule has 5 heteroatoms. The van der Waals surface area contributed by atoms with E-state index < -0.39 is 5.67 Å². The highest BCUT2D eigenvalue weighted by Crippen LogP contribution is 2.26. The topological polar surface area (TPSA) is 55.1 Å². The molecule has 0 aromatic carbocycles. The second-order valence-corrected chi connectivity index (χ2v) is 4.02. The van der Waals surface area contributed by atoms with Crippen molar-refractivity contribution in [1.82, 2.24) is 4.98 Å². The van der Waals surface area contributed by atoms with Crippen molar-refractivity contribution in [3.05, 3.63) is 23.9 Å². The quantitative estimate of drug-likeness (QED) is 0.803. The molecule has 1 aliphatic rings. The second kappa shape index (κ2) is 5.11. The van der Waals surface area contributed by atoms with Crippen LogP contribution in [-0.4, -0.2) is 30.5 Å². The fourth-order valence-corrected chi connectivity index (χ4v) is 1.67. The first-order chi connectivity index (χ1) is 8.23. The second-order valence-electron chi connectivity index (χ2n) is 4.02. The van der Waals surface area contributed by atoms with Crippen LogP contribution in [0.2, 0.25) is 0 Å². The van der Waals surface area contributed by atoms with Crippen LogP contribution >= 0.6 is 0 Å². The normalized spacial score (nSPS) is 18.4. The third-order valence-electron chi connectivity index (χ3n) is 2.75. The first-order valence-electron chi connectivity index (χ1n) is 5.48. The number of rotatable bonds is 3. The lowest BCUT2D eigenvalue weighted by atomic mass is 9.98. The molecule has 0 atom stereocenters. The molecule has 90 valence electrons. The van der Waals surface area contributed by atoms with Gasteiger partial charge in [-0.1, -0.05) is 0 Å². The van der Waals surface area contributed by atoms with Gasteiger partial charge in [0.05, 0.1) is 0 Å². The first kappa shape index (κ1) is 11.8. The summed E-state index contributed by atoms with van der Waals surface area (Å²) in [4.78, 5) is 3.92. The van der Waals surface area contributed by atoms with Crippen LogP contribution in [-0.2, 0) is 4.74 Å². The Morgan fingerprint density at radius 1 is 1.53 bits per heavy atom. The molecule has 1 aromatic heterocycles. The Morgan fingerprint density at radius 2 is 2.29 bits per heavy atom. The highest BCUT2D eigenvalue weighted by atomic mass is 19.1. The summed E-state index contributed by atoms with van der Waals surface area (Å²) in [7, 11) is 0. The SMILES string of the molecule is N#Cc1cccnc1OCC1(F)CCOCC1. The number of halogens is 1. The zero-order valence-electron chi connectivity index (χ0n) is 9.36. The molecule has 1 aromatic rings. The molecule has 0 bridgehead atoms. The van der Waals surface area contributed by atoms with Gasteiger partial charge in [0.1, 0.15) is 23.9 Å². The summed E-state index contributed by atoms with van der Waals surface area (Å²) < 4.78 is 24.6. The monoisotopic (exact) mass is 236 g/mol. The van der Waals surface area contributed by atoms with Crippen molar-refractivity contribution < 1.29 is 13.9 Å². The van der Waals surface area contributed by atoms with Crippen molar-refractivity contribution in [2.75, 3.05) is 19.8 Å². The van der Waals surface area contributed by atoms with Gasteiger partial charge in [-0.05, 0) is 12.1 Å². The highest BCUT2D eigenvalue weighted by molar-refractivity contribution is 5.37. The number of ether oxygens (including phenoxy) is 2. The van der Waals surface area contributed by atoms with Crippen molar-refractivity contribution in [3.63, 3.8) is 0 Å². The maximum Gasteiger partial charge on any atom is 0.231 e. The predicted molar refractivity (Wildman–Crippen MR) is 58.3 cm³/mol. The molecule has 2 heterocycles. The lowest BCUT2D eigenvalue weighted by Crippen LogP contribution is -2.37. The Labute approximate surface area is 99.0 Å². The van der Waals surface area contributed by atoms with E-state index in [9.17, 15) is 4.39 Å². The van der Waals surface area contributed by atoms with E-state index in [0.717, 1.165) is 0 Å². The van der Waals surface area contributed by atoms with Gasteiger partial charge in [0, 0.05) is 32.3 Å². The van der Waals surface area contributed by atoms with E-state index in [4.69, 9.17) is 14.7 Å². The summed E-state index contributed by atoms with van der Waals surface area (Å²) in [5, 5.41) is 8.84. The van der Waals surface area contributed by atoms with E-state index in [2.05, 4.69) is 4.98 Å². The summed E-state index contributed by atoms with van der Waals surface area (Å²) in [5.74, 6) is 0.193. The standard InChI is InChI=1S/C12H13FN2O2/c13-12(3-6-16-7-4-12)9-17-11-10(8-14)2-1-5-15-11/h1-2,5H,3-4,6-7,9H2. The molecule has 1 fully saturated rings. The minimum atomic E-state index is -1.37. The van der Waals surface area contributed by atoms with Gasteiger partial charge in [-0.15, -0.1) is 0 Å². The van der Waals surface area contributed by atoms with Crippen molar-refractivity contribution in [3.8, 4) is 11.9 Å². The lowest BCUT2D eigenvalue weighted by Gasteiger charge is -2.28. The number of alkyl halides is 1. The lowest BCUT2D eigenvalue weighted by molar-refractivity contribution is -0.0331. The summed E-state index contributed by atoms with van der Waals surface area (Å²) in [6, 6.07) is 5.20. The maximum absolute atomic E-state index is 14.2. The van der Waals surface area contributed by atoms with E-state index in [0.29, 0.717) is 31.6 Å². The van der Waals surface area contributed by atoms with Gasteiger partial charge in [-0.2, -0.15) is 5.26 Å². The number of hydrogen-bond donors (Lipinski definition) is 0. The number of hydrogen-bond acceptors (Lipinski definition) is 4. The molecular formula is C12H13FN2O2. The van der Waals surface area contributed by atoms with Crippen molar-refractivity contribution in [2.45, 2.75) is 18.5 Å². The molecule has 2 rings (SSSR count). The van der Waals surface area contributed by atoms with E-state index in [1.165, 1.54) is 6.20 Å². The van der Waals surface area contributed by atoms with Crippen LogP contribution in [0.4, 0.5) is 4.39 Å². The molecular weight excluding hydrogens is 223 g/mol. The molecule has 0 radical (unpaired) electrons. The number of aromatic nitrogens is 1. The van der Waals surface area contributed by atoms with Crippen molar-refractivity contribution in [1.29, 1.82) is 5.26 Å². The van der Waals surface area contributed by atoms with Gasteiger partial charge in [0.25, 0.3) is 0 Å². The molecule has 1 saturated heterocycles. The number of nitriles is 1. The zero-order valence-corrected chi connectivity index (χ0v) is 9.36. The minimum absolute atomic E-state index is 0.0813. The molecule has 1 aliphatic heterocycles. The Hall–Kier alpha value is -1.67. The summed E-state index contributed by atoms with van der Waals surface area (Å²) in [6.45, 7) is 0.739. The Bertz CT molecular complexity index is 425. The Balaban J connectivity index is 2.00. The van der Waals surface area contributed by atoms with Crippen molar-refractivity contribution in [2.24, 2.45) is 0 Å². The molecule has 0 amide bonds. The number of nitrogens with zero attached hydrogens (tertiary/aromatic N) is 2. The van der Waals surface area contributed by atoms with Crippen LogP contribution in [0.25, 0.3) is 0 Å². The van der Waals surface area contributed by atoms with Gasteiger partial charge in [-0.25, -0.2) is 9.37 Å². The van der Waals surface area contributed by atoms with Gasteiger partial charge in [0.2, 0.25) is 5.88 Å². The summed E-state index contributed by atoms with van der Waals surface area (Å²) >= 11 is 0. The maximum atomic E-state index is 14.2. The minimum Gasteiger partial charge on any atom is -0.473 e. The molecule has 0 spiro atoms. The Morgan fingerprint density at radius 3 is 3.00 bits per heavy atom. The fourth-order valence-electron chi connectivity index (χ4n) is 1.67. The summed E-state index contributed by atoms with van der Waals surface area (Å²) in [5.41, 5.74) is -1.05. The van der Waals surface area contributed by atoms with E-state index in [1.807, 2.05) is 6.07 Å². The van der Waals surface area contributed by atoms with Gasteiger partial charge >= 0.3 is 0 Å². The van der Waals surface area contributed by atoms with E-state index >= 15 is 0 Å². The smallest absolute Gasteiger partial charge is 0.231 e. The molecule has 0 unspecified atom stereocenters. The van der Waals surface area contributed by atoms with E-state index in [-0.39, 0.29) is 12.5 Å². The largest absolute Gasteiger partial charge is 0.473 e. The molecule has 17 heavy (non-hydrogen) atoms. The van der Waals surface area contributed by atoms with E-state index in [1.54, 1.807) is 12.1 Å². The Kier molecular flexibility index (Phi) is 3.55. The van der Waals surface area contributed by atoms with Crippen LogP contribution in [0, 0.1) is 11.3 Å². The van der Waals surface area contributed by atoms with Gasteiger partial charge in [0.15, 0.2) is 0 Å². The molecule has 0 N–H and O–H groups in total. The number of pyridine rings is 1. The first-order valence-corrected chi connectivity index (χ1v) is 5.48. The average Bonchev–Trinajstić information content (AvgIpc) is 2.38. The van der Waals surface area contributed by atoms with Gasteiger partial charge < -0.3 is 9.47 Å². The van der Waals surface area contributed by atoms with Crippen LogP contribution in [0.3, 0.4) is 0 Å². The van der Waals surface area contributed by atoms with Gasteiger partial charge in [-0.3, -0.25) is 0 Å². The van der Waals surface area contributed by atoms with Crippen molar-refractivity contribution >= 4 is 0 Å². The molecule has 0 saturated carbocycles. The third-order valence-corrected chi connectivity index (χ3v) is 2.75. The third kappa shape index (κ3) is 2.92. The zero-order chi connectivity index (χ0) is 12.1.